The number of aromatic nitrogens is 1. The molecule has 0 aromatic carbocycles. The molecule has 0 bridgehead atoms. The quantitative estimate of drug-likeness (QED) is 0.101. The topological polar surface area (TPSA) is 154 Å². The average Bonchev–Trinajstić information content (AvgIpc) is 2.83. The van der Waals surface area contributed by atoms with Crippen molar-refractivity contribution in [3.8, 4) is 0 Å². The molecule has 11 nitrogen and oxygen atoms in total. The van der Waals surface area contributed by atoms with Crippen LogP contribution in [0.3, 0.4) is 0 Å². The molecule has 0 aliphatic rings. The molecule has 0 saturated carbocycles. The van der Waals surface area contributed by atoms with Crippen molar-refractivity contribution >= 4 is 32.2 Å². The molecule has 19 heteroatoms. The Hall–Kier alpha value is -2.76. The minimum absolute atomic E-state index is 0.364. The summed E-state index contributed by atoms with van der Waals surface area (Å²) < 4.78 is 117. The van der Waals surface area contributed by atoms with E-state index >= 15 is 0 Å². The number of alkyl halides is 6. The van der Waals surface area contributed by atoms with Crippen molar-refractivity contribution < 1.29 is 62.1 Å². The Morgan fingerprint density at radius 2 is 1.60 bits per heavy atom. The number of ether oxygens (including phenoxy) is 1. The number of nitrogens with one attached hydrogen (secondary N) is 1. The first-order valence-corrected chi connectivity index (χ1v) is 14.6. The van der Waals surface area contributed by atoms with Crippen molar-refractivity contribution in [2.45, 2.75) is 69.4 Å². The molecule has 0 spiro atoms. The van der Waals surface area contributed by atoms with Crippen molar-refractivity contribution in [3.63, 3.8) is 0 Å². The first kappa shape index (κ1) is 37.2. The fourth-order valence-electron chi connectivity index (χ4n) is 2.72. The number of hydrogen-bond acceptors (Lipinski definition) is 8. The van der Waals surface area contributed by atoms with Crippen LogP contribution in [0.15, 0.2) is 29.4 Å². The molecule has 230 valence electrons. The number of isocyanates is 1. The van der Waals surface area contributed by atoms with Crippen molar-refractivity contribution in [2.24, 2.45) is 4.99 Å². The molecule has 0 aliphatic heterocycles. The van der Waals surface area contributed by atoms with E-state index in [-0.39, 0.29) is 6.09 Å². The third kappa shape index (κ3) is 15.1. The minimum atomic E-state index is -6.72. The third-order valence-corrected chi connectivity index (χ3v) is 7.44. The molecular weight excluding hydrogens is 598 g/mol. The van der Waals surface area contributed by atoms with E-state index in [2.05, 4.69) is 27.9 Å². The molecule has 0 unspecified atom stereocenters. The van der Waals surface area contributed by atoms with Gasteiger partial charge in [0.25, 0.3) is 0 Å². The highest BCUT2D eigenvalue weighted by atomic mass is 32.3. The molecule has 0 fully saturated rings. The Bertz CT molecular complexity index is 1130. The summed E-state index contributed by atoms with van der Waals surface area (Å²) in [6.45, 7) is 4.36. The fourth-order valence-corrected chi connectivity index (χ4v) is 4.43. The van der Waals surface area contributed by atoms with Gasteiger partial charge >= 0.3 is 17.1 Å². The van der Waals surface area contributed by atoms with Gasteiger partial charge in [0, 0.05) is 25.1 Å². The number of carbonyl (C=O) groups excluding carboxylic acids is 2. The monoisotopic (exact) mass is 628 g/mol. The molecule has 0 radical (unpaired) electrons. The Labute approximate surface area is 228 Å². The zero-order valence-corrected chi connectivity index (χ0v) is 23.0. The average molecular weight is 629 g/mol. The smallest absolute Gasteiger partial charge is 0.443 e. The van der Waals surface area contributed by atoms with Crippen molar-refractivity contribution in [2.75, 3.05) is 19.7 Å². The number of pyridine rings is 1. The van der Waals surface area contributed by atoms with E-state index in [0.717, 1.165) is 49.1 Å². The highest BCUT2D eigenvalue weighted by molar-refractivity contribution is 8.13. The number of carbonyl (C=O) groups is 1. The lowest BCUT2D eigenvalue weighted by Crippen LogP contribution is -2.41. The van der Waals surface area contributed by atoms with Crippen molar-refractivity contribution in [1.82, 2.24) is 5.32 Å². The summed E-state index contributed by atoms with van der Waals surface area (Å²) in [5.74, 6) is 0. The maximum Gasteiger partial charge on any atom is 0.480 e. The van der Waals surface area contributed by atoms with Gasteiger partial charge in [-0.25, -0.2) is 31.4 Å². The second-order valence-electron chi connectivity index (χ2n) is 7.85. The number of aryl methyl sites for hydroxylation is 1. The molecule has 40 heavy (non-hydrogen) atoms. The molecule has 1 amide bonds. The van der Waals surface area contributed by atoms with Gasteiger partial charge in [0.1, 0.15) is 0 Å². The number of halogens is 6. The van der Waals surface area contributed by atoms with Gasteiger partial charge in [-0.2, -0.15) is 30.9 Å². The Morgan fingerprint density at radius 3 is 2.15 bits per heavy atom. The zero-order chi connectivity index (χ0) is 30.9. The number of aliphatic imine (C=N–C) groups is 1. The standard InChI is InChI=1S/C19H29N3O3.C2F6NO4S2/c1-2-3-10-18-11-6-9-14-22(18)15-16-25-19(24)21-13-8-5-4-7-12-20-17-23;3-1(4,5)14(10,11)9-15(12,13)2(6,7)8/h6,9,11,14H,2-5,7-8,10,12-13,15-16H2,1H3;/q;-1/p+1. The summed E-state index contributed by atoms with van der Waals surface area (Å²) in [6, 6.07) is 6.16. The number of rotatable bonds is 15. The fraction of sp³-hybridized carbons (Fsp3) is 0.667. The highest BCUT2D eigenvalue weighted by Gasteiger charge is 2.46. The molecule has 0 atom stereocenters. The summed E-state index contributed by atoms with van der Waals surface area (Å²) >= 11 is 0. The predicted octanol–water partition coefficient (Wildman–Crippen LogP) is 4.00. The van der Waals surface area contributed by atoms with Crippen LogP contribution in [-0.2, 0) is 42.5 Å². The van der Waals surface area contributed by atoms with Crippen LogP contribution in [0, 0.1) is 0 Å². The molecule has 1 N–H and O–H groups in total. The van der Waals surface area contributed by atoms with Crippen LogP contribution in [0.25, 0.3) is 4.13 Å². The Morgan fingerprint density at radius 1 is 1.00 bits per heavy atom. The second kappa shape index (κ2) is 17.8. The molecule has 1 aromatic heterocycles. The van der Waals surface area contributed by atoms with Gasteiger partial charge in [-0.3, -0.25) is 0 Å². The number of sulfonamides is 2. The van der Waals surface area contributed by atoms with Crippen LogP contribution in [-0.4, -0.2) is 59.7 Å². The van der Waals surface area contributed by atoms with Crippen LogP contribution in [0.2, 0.25) is 0 Å². The summed E-state index contributed by atoms with van der Waals surface area (Å²) in [7, 11) is -13.4. The number of amides is 1. The Balaban J connectivity index is 0.000000868. The van der Waals surface area contributed by atoms with Crippen LogP contribution in [0.1, 0.15) is 51.1 Å². The van der Waals surface area contributed by atoms with Gasteiger partial charge in [-0.1, -0.05) is 32.3 Å². The van der Waals surface area contributed by atoms with Crippen LogP contribution >= 0.6 is 0 Å². The second-order valence-corrected chi connectivity index (χ2v) is 11.3. The van der Waals surface area contributed by atoms with Gasteiger partial charge in [-0.05, 0) is 19.3 Å². The number of nitrogens with zero attached hydrogens (tertiary/aromatic N) is 3. The molecular formula is C21H30F6N4O7S2. The van der Waals surface area contributed by atoms with Gasteiger partial charge < -0.3 is 14.2 Å². The van der Waals surface area contributed by atoms with Gasteiger partial charge in [0.05, 0.1) is 6.54 Å². The summed E-state index contributed by atoms with van der Waals surface area (Å²) in [6.07, 6.45) is 10.3. The van der Waals surface area contributed by atoms with Crippen LogP contribution in [0.5, 0.6) is 0 Å². The molecule has 1 heterocycles. The van der Waals surface area contributed by atoms with E-state index in [4.69, 9.17) is 4.74 Å². The maximum atomic E-state index is 11.7. The van der Waals surface area contributed by atoms with Gasteiger partial charge in [0.15, 0.2) is 45.1 Å². The maximum absolute atomic E-state index is 11.7. The van der Waals surface area contributed by atoms with E-state index < -0.39 is 31.1 Å². The number of hydrogen-bond donors (Lipinski definition) is 1. The summed E-state index contributed by atoms with van der Waals surface area (Å²) in [5, 5.41) is 2.76. The van der Waals surface area contributed by atoms with E-state index in [1.807, 2.05) is 18.3 Å². The third-order valence-electron chi connectivity index (χ3n) is 4.70. The van der Waals surface area contributed by atoms with Gasteiger partial charge in [0.2, 0.25) is 6.08 Å². The lowest BCUT2D eigenvalue weighted by Gasteiger charge is -2.22. The number of unbranched alkanes of at least 4 members (excludes halogenated alkanes) is 4. The van der Waals surface area contributed by atoms with E-state index in [9.17, 15) is 52.8 Å². The minimum Gasteiger partial charge on any atom is -0.443 e. The number of alkyl carbamates (subject to hydrolysis) is 1. The molecule has 0 saturated heterocycles. The zero-order valence-electron chi connectivity index (χ0n) is 21.4. The van der Waals surface area contributed by atoms with Crippen molar-refractivity contribution in [1.29, 1.82) is 0 Å². The summed E-state index contributed by atoms with van der Waals surface area (Å²) in [4.78, 5) is 25.1. The first-order valence-electron chi connectivity index (χ1n) is 11.8. The summed E-state index contributed by atoms with van der Waals surface area (Å²) in [5.41, 5.74) is -11.1. The van der Waals surface area contributed by atoms with E-state index in [1.165, 1.54) is 11.8 Å². The lowest BCUT2D eigenvalue weighted by molar-refractivity contribution is -0.705. The van der Waals surface area contributed by atoms with E-state index in [1.54, 1.807) is 0 Å². The van der Waals surface area contributed by atoms with Crippen LogP contribution in [0.4, 0.5) is 31.1 Å². The normalized spacial score (nSPS) is 12.1. The lowest BCUT2D eigenvalue weighted by atomic mass is 10.2. The first-order chi connectivity index (χ1) is 18.5. The van der Waals surface area contributed by atoms with Gasteiger partial charge in [-0.15, -0.1) is 0 Å². The highest BCUT2D eigenvalue weighted by Crippen LogP contribution is 2.36. The molecule has 0 aliphatic carbocycles. The Kier molecular flexibility index (Phi) is 16.6. The SMILES string of the molecule is CCCCc1cccc[n+]1CCOC(=O)NCCCCCCN=C=O.O=S(=O)([N-]S(=O)(=O)C(F)(F)F)C(F)(F)F. The predicted molar refractivity (Wildman–Crippen MR) is 129 cm³/mol. The van der Waals surface area contributed by atoms with Crippen molar-refractivity contribution in [3.05, 3.63) is 34.2 Å². The molecule has 1 aromatic rings. The largest absolute Gasteiger partial charge is 0.480 e. The molecule has 1 rings (SSSR count). The van der Waals surface area contributed by atoms with E-state index in [0.29, 0.717) is 26.2 Å². The van der Waals surface area contributed by atoms with Crippen LogP contribution < -0.4 is 9.88 Å².